The summed E-state index contributed by atoms with van der Waals surface area (Å²) in [5.74, 6) is -1.15. The normalized spacial score (nSPS) is 17.5. The molecule has 3 aliphatic rings. The Morgan fingerprint density at radius 3 is 2.29 bits per heavy atom. The Bertz CT molecular complexity index is 3090. The van der Waals surface area contributed by atoms with Crippen LogP contribution in [0.2, 0.25) is 5.02 Å². The van der Waals surface area contributed by atoms with E-state index in [9.17, 15) is 39.6 Å². The predicted octanol–water partition coefficient (Wildman–Crippen LogP) is 10.3. The van der Waals surface area contributed by atoms with E-state index >= 15 is 0 Å². The number of aromatic amines is 1. The minimum Gasteiger partial charge on any atom is -0.455 e. The second-order valence-corrected chi connectivity index (χ2v) is 24.4. The summed E-state index contributed by atoms with van der Waals surface area (Å²) in [5, 5.41) is 4.16. The van der Waals surface area contributed by atoms with Gasteiger partial charge in [-0.25, -0.2) is 31.3 Å². The van der Waals surface area contributed by atoms with Crippen molar-refractivity contribution < 1.29 is 49.1 Å². The molecule has 0 radical (unpaired) electrons. The number of amides is 2. The maximum absolute atomic E-state index is 14.2. The molecular formula is C51H59ClF3N7O8S2. The zero-order valence-electron chi connectivity index (χ0n) is 40.7. The van der Waals surface area contributed by atoms with Crippen LogP contribution < -0.4 is 19.7 Å². The fraction of sp³-hybridized carbons (Fsp3) is 0.431. The van der Waals surface area contributed by atoms with Crippen molar-refractivity contribution in [2.24, 2.45) is 11.3 Å². The van der Waals surface area contributed by atoms with Crippen molar-refractivity contribution in [1.82, 2.24) is 24.5 Å². The number of hydrogen-bond acceptors (Lipinski definition) is 12. The molecule has 0 bridgehead atoms. The monoisotopic (exact) mass is 1050 g/mol. The molecule has 72 heavy (non-hydrogen) atoms. The van der Waals surface area contributed by atoms with Crippen LogP contribution in [0.4, 0.5) is 29.3 Å². The molecule has 8 rings (SSSR count). The van der Waals surface area contributed by atoms with Gasteiger partial charge in [-0.2, -0.15) is 13.2 Å². The maximum atomic E-state index is 14.2. The second-order valence-electron chi connectivity index (χ2n) is 20.4. The molecule has 4 heterocycles. The Morgan fingerprint density at radius 1 is 0.903 bits per heavy atom. The molecule has 15 nitrogen and oxygen atoms in total. The maximum Gasteiger partial charge on any atom is 0.501 e. The first-order valence-corrected chi connectivity index (χ1v) is 27.1. The van der Waals surface area contributed by atoms with Crippen LogP contribution in [0.5, 0.6) is 11.5 Å². The highest BCUT2D eigenvalue weighted by atomic mass is 35.5. The zero-order chi connectivity index (χ0) is 51.8. The number of alkyl halides is 3. The smallest absolute Gasteiger partial charge is 0.455 e. The SMILES string of the molecule is CC1(C)CCC(CN2CCN(c3ccc(C(=O)NS(=O)(=O)c4ccc(NCC5CCN(C(=O)OC(C)(C)C)CC5)c(S(=O)(=O)C(F)(F)F)c4)c(Oc4cnc5[nH]ccc5c4)c3)CC2)=C(c2ccc(Cl)cc2)C1. The second kappa shape index (κ2) is 20.6. The number of aromatic nitrogens is 2. The van der Waals surface area contributed by atoms with Crippen LogP contribution in [0, 0.1) is 11.3 Å². The summed E-state index contributed by atoms with van der Waals surface area (Å²) in [5.41, 5.74) is -1.80. The van der Waals surface area contributed by atoms with Gasteiger partial charge in [0.1, 0.15) is 27.6 Å². The summed E-state index contributed by atoms with van der Waals surface area (Å²) < 4.78 is 110. The number of nitrogens with zero attached hydrogens (tertiary/aromatic N) is 4. The molecule has 2 aliphatic heterocycles. The number of nitrogens with one attached hydrogen (secondary N) is 3. The number of rotatable bonds is 13. The number of piperazine rings is 1. The number of piperidine rings is 1. The number of anilines is 2. The molecule has 386 valence electrons. The van der Waals surface area contributed by atoms with Crippen LogP contribution in [0.15, 0.2) is 101 Å². The summed E-state index contributed by atoms with van der Waals surface area (Å²) >= 11 is 6.24. The van der Waals surface area contributed by atoms with E-state index in [-0.39, 0.29) is 34.9 Å². The fourth-order valence-electron chi connectivity index (χ4n) is 9.28. The van der Waals surface area contributed by atoms with Gasteiger partial charge in [0.15, 0.2) is 0 Å². The molecule has 0 atom stereocenters. The van der Waals surface area contributed by atoms with Crippen molar-refractivity contribution >= 4 is 71.4 Å². The predicted molar refractivity (Wildman–Crippen MR) is 271 cm³/mol. The molecule has 0 spiro atoms. The Labute approximate surface area is 423 Å². The van der Waals surface area contributed by atoms with Gasteiger partial charge < -0.3 is 29.6 Å². The number of benzene rings is 3. The van der Waals surface area contributed by atoms with E-state index in [0.717, 1.165) is 51.0 Å². The van der Waals surface area contributed by atoms with Crippen molar-refractivity contribution in [2.45, 2.75) is 87.6 Å². The van der Waals surface area contributed by atoms with E-state index in [2.05, 4.69) is 51.1 Å². The van der Waals surface area contributed by atoms with Crippen LogP contribution in [-0.2, 0) is 24.6 Å². The number of carbonyl (C=O) groups excluding carboxylic acids is 2. The van der Waals surface area contributed by atoms with Crippen LogP contribution in [-0.4, -0.2) is 112 Å². The van der Waals surface area contributed by atoms with Gasteiger partial charge >= 0.3 is 11.6 Å². The molecule has 1 aliphatic carbocycles. The summed E-state index contributed by atoms with van der Waals surface area (Å²) in [7, 11) is -11.1. The third-order valence-electron chi connectivity index (χ3n) is 13.3. The van der Waals surface area contributed by atoms with Gasteiger partial charge in [-0.05, 0) is 130 Å². The Kier molecular flexibility index (Phi) is 15.0. The lowest BCUT2D eigenvalue weighted by Gasteiger charge is -2.39. The topological polar surface area (TPSA) is 183 Å². The Balaban J connectivity index is 1.00. The molecule has 0 unspecified atom stereocenters. The minimum atomic E-state index is -6.11. The lowest BCUT2D eigenvalue weighted by Crippen LogP contribution is -2.47. The van der Waals surface area contributed by atoms with E-state index in [0.29, 0.717) is 66.8 Å². The molecule has 3 aromatic carbocycles. The van der Waals surface area contributed by atoms with Crippen molar-refractivity contribution in [2.75, 3.05) is 62.6 Å². The van der Waals surface area contributed by atoms with Gasteiger partial charge in [-0.1, -0.05) is 43.2 Å². The number of ether oxygens (including phenoxy) is 2. The first-order chi connectivity index (χ1) is 33.8. The van der Waals surface area contributed by atoms with Gasteiger partial charge in [-0.3, -0.25) is 9.69 Å². The highest BCUT2D eigenvalue weighted by Crippen LogP contribution is 2.44. The number of likely N-dealkylation sites (tertiary alicyclic amines) is 1. The van der Waals surface area contributed by atoms with Gasteiger partial charge in [0, 0.05) is 80.7 Å². The summed E-state index contributed by atoms with van der Waals surface area (Å²) in [4.78, 5) is 37.8. The van der Waals surface area contributed by atoms with Crippen molar-refractivity contribution in [1.29, 1.82) is 0 Å². The van der Waals surface area contributed by atoms with Crippen LogP contribution in [0.25, 0.3) is 16.6 Å². The highest BCUT2D eigenvalue weighted by molar-refractivity contribution is 7.92. The van der Waals surface area contributed by atoms with Crippen molar-refractivity contribution in [3.8, 4) is 11.5 Å². The summed E-state index contributed by atoms with van der Waals surface area (Å²) in [6.45, 7) is 14.0. The quantitative estimate of drug-likeness (QED) is 0.102. The molecule has 0 saturated carbocycles. The molecule has 21 heteroatoms. The Morgan fingerprint density at radius 2 is 1.61 bits per heavy atom. The molecule has 2 amide bonds. The lowest BCUT2D eigenvalue weighted by atomic mass is 9.72. The molecular weight excluding hydrogens is 995 g/mol. The first kappa shape index (κ1) is 52.5. The molecule has 3 N–H and O–H groups in total. The van der Waals surface area contributed by atoms with Crippen LogP contribution >= 0.6 is 11.6 Å². The molecule has 5 aromatic rings. The largest absolute Gasteiger partial charge is 0.501 e. The number of H-pyrrole nitrogens is 1. The number of halogens is 4. The van der Waals surface area contributed by atoms with E-state index in [1.807, 2.05) is 16.9 Å². The third-order valence-corrected chi connectivity index (χ3v) is 16.4. The number of hydrogen-bond donors (Lipinski definition) is 3. The van der Waals surface area contributed by atoms with Gasteiger partial charge in [0.2, 0.25) is 0 Å². The standard InChI is InChI=1S/C51H59ClF3N7O8S2/c1-49(2,3)70-48(64)62-20-16-33(17-21-62)30-57-43-13-11-40(28-45(43)71(65,66)51(53,54)55)72(67,68)59-47(63)41-12-10-38(27-44(41)69-39-26-35-15-19-56-46(35)58-31-39)61-24-22-60(23-25-61)32-36-14-18-50(4,5)29-42(36)34-6-8-37(52)9-7-34/h6-13,15,19,26-28,31,33,57H,14,16-18,20-25,29-30,32H2,1-5H3,(H,56,58)(H,59,63). The zero-order valence-corrected chi connectivity index (χ0v) is 43.1. The van der Waals surface area contributed by atoms with Gasteiger partial charge in [-0.15, -0.1) is 0 Å². The van der Waals surface area contributed by atoms with Crippen molar-refractivity contribution in [3.05, 3.63) is 107 Å². The first-order valence-electron chi connectivity index (χ1n) is 23.8. The number of sulfonamides is 1. The summed E-state index contributed by atoms with van der Waals surface area (Å²) in [6.07, 6.45) is 6.57. The van der Waals surface area contributed by atoms with Gasteiger partial charge in [0.05, 0.1) is 22.3 Å². The van der Waals surface area contributed by atoms with E-state index in [4.69, 9.17) is 21.1 Å². The van der Waals surface area contributed by atoms with E-state index in [1.54, 1.807) is 51.2 Å². The highest BCUT2D eigenvalue weighted by Gasteiger charge is 2.48. The fourth-order valence-corrected chi connectivity index (χ4v) is 11.4. The number of fused-ring (bicyclic) bond motifs is 1. The number of carbonyl (C=O) groups is 2. The average molecular weight is 1050 g/mol. The summed E-state index contributed by atoms with van der Waals surface area (Å²) in [6, 6.07) is 18.4. The Hall–Kier alpha value is -5.83. The minimum absolute atomic E-state index is 0.0230. The average Bonchev–Trinajstić information content (AvgIpc) is 3.79. The van der Waals surface area contributed by atoms with E-state index in [1.165, 1.54) is 33.9 Å². The third kappa shape index (κ3) is 12.3. The lowest BCUT2D eigenvalue weighted by molar-refractivity contribution is -0.0436. The van der Waals surface area contributed by atoms with Crippen molar-refractivity contribution in [3.63, 3.8) is 0 Å². The van der Waals surface area contributed by atoms with Gasteiger partial charge in [0.25, 0.3) is 25.8 Å². The van der Waals surface area contributed by atoms with E-state index < -0.39 is 58.4 Å². The number of allylic oxidation sites excluding steroid dienone is 1. The number of sulfone groups is 1. The molecule has 2 aromatic heterocycles. The number of pyridine rings is 1. The van der Waals surface area contributed by atoms with Crippen LogP contribution in [0.1, 0.15) is 82.6 Å². The van der Waals surface area contributed by atoms with Crippen LogP contribution in [0.3, 0.4) is 0 Å². The molecule has 2 fully saturated rings. The molecule has 2 saturated heterocycles.